The van der Waals surface area contributed by atoms with Crippen LogP contribution >= 0.6 is 15.9 Å². The molecule has 0 amide bonds. The standard InChI is InChI=1S/C14H9BrFN3O/c15-10-5-12(17)13(6-11(10)16)20-14-9-4-2-1-3-8(9)7-18-19-14/h1-7H,17H2. The lowest BCUT2D eigenvalue weighted by Crippen LogP contribution is -1.97. The van der Waals surface area contributed by atoms with Crippen molar-refractivity contribution in [2.45, 2.75) is 0 Å². The zero-order valence-electron chi connectivity index (χ0n) is 10.2. The number of ether oxygens (including phenoxy) is 1. The van der Waals surface area contributed by atoms with E-state index in [0.717, 1.165) is 10.8 Å². The summed E-state index contributed by atoms with van der Waals surface area (Å²) in [6.45, 7) is 0. The summed E-state index contributed by atoms with van der Waals surface area (Å²) in [6.07, 6.45) is 1.63. The number of benzene rings is 2. The molecule has 0 aliphatic heterocycles. The number of nitrogens with two attached hydrogens (primary N) is 1. The van der Waals surface area contributed by atoms with Gasteiger partial charge in [0.25, 0.3) is 0 Å². The van der Waals surface area contributed by atoms with E-state index < -0.39 is 5.82 Å². The van der Waals surface area contributed by atoms with Crippen LogP contribution in [-0.2, 0) is 0 Å². The minimum absolute atomic E-state index is 0.205. The van der Waals surface area contributed by atoms with E-state index in [0.29, 0.717) is 5.69 Å². The van der Waals surface area contributed by atoms with Gasteiger partial charge >= 0.3 is 0 Å². The van der Waals surface area contributed by atoms with Gasteiger partial charge in [0.15, 0.2) is 5.75 Å². The SMILES string of the molecule is Nc1cc(Br)c(F)cc1Oc1nncc2ccccc12. The second kappa shape index (κ2) is 5.05. The summed E-state index contributed by atoms with van der Waals surface area (Å²) in [5, 5.41) is 9.46. The lowest BCUT2D eigenvalue weighted by molar-refractivity contribution is 0.459. The van der Waals surface area contributed by atoms with Gasteiger partial charge in [-0.1, -0.05) is 18.2 Å². The number of anilines is 1. The fourth-order valence-corrected chi connectivity index (χ4v) is 2.17. The molecule has 0 fully saturated rings. The molecule has 0 atom stereocenters. The van der Waals surface area contributed by atoms with E-state index in [1.54, 1.807) is 6.20 Å². The van der Waals surface area contributed by atoms with Crippen molar-refractivity contribution >= 4 is 32.4 Å². The highest BCUT2D eigenvalue weighted by molar-refractivity contribution is 9.10. The summed E-state index contributed by atoms with van der Waals surface area (Å²) < 4.78 is 19.4. The normalized spacial score (nSPS) is 10.7. The molecule has 0 spiro atoms. The molecule has 100 valence electrons. The number of hydrogen-bond donors (Lipinski definition) is 1. The number of nitrogens with zero attached hydrogens (tertiary/aromatic N) is 2. The summed E-state index contributed by atoms with van der Waals surface area (Å²) in [5.74, 6) is 0.0373. The van der Waals surface area contributed by atoms with Crippen molar-refractivity contribution < 1.29 is 9.13 Å². The Morgan fingerprint density at radius 1 is 1.20 bits per heavy atom. The zero-order chi connectivity index (χ0) is 14.1. The molecule has 3 aromatic rings. The van der Waals surface area contributed by atoms with Gasteiger partial charge in [-0.05, 0) is 28.1 Å². The lowest BCUT2D eigenvalue weighted by Gasteiger charge is -2.09. The monoisotopic (exact) mass is 333 g/mol. The van der Waals surface area contributed by atoms with Crippen LogP contribution in [0.3, 0.4) is 0 Å². The second-order valence-electron chi connectivity index (χ2n) is 4.14. The van der Waals surface area contributed by atoms with Crippen molar-refractivity contribution in [2.24, 2.45) is 0 Å². The first-order valence-electron chi connectivity index (χ1n) is 5.78. The van der Waals surface area contributed by atoms with Gasteiger partial charge in [0, 0.05) is 16.8 Å². The molecule has 0 bridgehead atoms. The van der Waals surface area contributed by atoms with Crippen LogP contribution in [0.4, 0.5) is 10.1 Å². The molecule has 0 aliphatic rings. The fourth-order valence-electron chi connectivity index (χ4n) is 1.81. The van der Waals surface area contributed by atoms with E-state index in [1.165, 1.54) is 12.1 Å². The van der Waals surface area contributed by atoms with E-state index in [1.807, 2.05) is 24.3 Å². The summed E-state index contributed by atoms with van der Waals surface area (Å²) in [4.78, 5) is 0. The largest absolute Gasteiger partial charge is 0.435 e. The van der Waals surface area contributed by atoms with Crippen molar-refractivity contribution in [3.8, 4) is 11.6 Å². The van der Waals surface area contributed by atoms with Gasteiger partial charge in [0.2, 0.25) is 5.88 Å². The third kappa shape index (κ3) is 2.30. The quantitative estimate of drug-likeness (QED) is 0.722. The van der Waals surface area contributed by atoms with E-state index in [4.69, 9.17) is 10.5 Å². The van der Waals surface area contributed by atoms with Gasteiger partial charge in [0.05, 0.1) is 16.4 Å². The Hall–Kier alpha value is -2.21. The minimum atomic E-state index is -0.456. The van der Waals surface area contributed by atoms with E-state index in [2.05, 4.69) is 26.1 Å². The maximum atomic E-state index is 13.6. The molecule has 1 aromatic heterocycles. The van der Waals surface area contributed by atoms with Crippen molar-refractivity contribution in [2.75, 3.05) is 5.73 Å². The first-order chi connectivity index (χ1) is 9.65. The lowest BCUT2D eigenvalue weighted by atomic mass is 10.2. The van der Waals surface area contributed by atoms with Gasteiger partial charge in [-0.25, -0.2) is 4.39 Å². The molecule has 0 saturated heterocycles. The van der Waals surface area contributed by atoms with Crippen LogP contribution in [0.2, 0.25) is 0 Å². The molecular weight excluding hydrogens is 325 g/mol. The van der Waals surface area contributed by atoms with Crippen LogP contribution in [0.25, 0.3) is 10.8 Å². The molecule has 6 heteroatoms. The Balaban J connectivity index is 2.08. The van der Waals surface area contributed by atoms with Gasteiger partial charge in [0.1, 0.15) is 5.82 Å². The zero-order valence-corrected chi connectivity index (χ0v) is 11.8. The summed E-state index contributed by atoms with van der Waals surface area (Å²) >= 11 is 3.07. The van der Waals surface area contributed by atoms with Crippen LogP contribution in [0.5, 0.6) is 11.6 Å². The molecule has 2 aromatic carbocycles. The van der Waals surface area contributed by atoms with Crippen LogP contribution in [0.15, 0.2) is 47.1 Å². The average Bonchev–Trinajstić information content (AvgIpc) is 2.45. The number of nitrogen functional groups attached to an aromatic ring is 1. The first-order valence-corrected chi connectivity index (χ1v) is 6.57. The summed E-state index contributed by atoms with van der Waals surface area (Å²) in [7, 11) is 0. The molecule has 0 radical (unpaired) electrons. The second-order valence-corrected chi connectivity index (χ2v) is 5.00. The molecule has 3 rings (SSSR count). The van der Waals surface area contributed by atoms with Crippen molar-refractivity contribution in [1.82, 2.24) is 10.2 Å². The molecular formula is C14H9BrFN3O. The number of fused-ring (bicyclic) bond motifs is 1. The van der Waals surface area contributed by atoms with E-state index >= 15 is 0 Å². The maximum absolute atomic E-state index is 13.6. The highest BCUT2D eigenvalue weighted by Crippen LogP contribution is 2.33. The molecule has 4 nitrogen and oxygen atoms in total. The van der Waals surface area contributed by atoms with Crippen LogP contribution < -0.4 is 10.5 Å². The van der Waals surface area contributed by atoms with Crippen LogP contribution in [0.1, 0.15) is 0 Å². The Morgan fingerprint density at radius 2 is 2.00 bits per heavy atom. The Morgan fingerprint density at radius 3 is 2.85 bits per heavy atom. The molecule has 2 N–H and O–H groups in total. The van der Waals surface area contributed by atoms with E-state index in [-0.39, 0.29) is 16.1 Å². The Labute approximate surface area is 122 Å². The Bertz CT molecular complexity index is 789. The predicted octanol–water partition coefficient (Wildman–Crippen LogP) is 3.91. The maximum Gasteiger partial charge on any atom is 0.246 e. The molecule has 0 unspecified atom stereocenters. The van der Waals surface area contributed by atoms with Gasteiger partial charge in [-0.15, -0.1) is 5.10 Å². The molecule has 0 saturated carbocycles. The van der Waals surface area contributed by atoms with Gasteiger partial charge in [-0.3, -0.25) is 0 Å². The van der Waals surface area contributed by atoms with Crippen molar-refractivity contribution in [3.05, 3.63) is 52.9 Å². The number of aromatic nitrogens is 2. The van der Waals surface area contributed by atoms with Gasteiger partial charge in [-0.2, -0.15) is 5.10 Å². The smallest absolute Gasteiger partial charge is 0.246 e. The number of halogens is 2. The topological polar surface area (TPSA) is 61.0 Å². The van der Waals surface area contributed by atoms with Crippen molar-refractivity contribution in [3.63, 3.8) is 0 Å². The summed E-state index contributed by atoms with van der Waals surface area (Å²) in [5.41, 5.74) is 6.13. The van der Waals surface area contributed by atoms with Crippen LogP contribution in [0, 0.1) is 5.82 Å². The third-order valence-electron chi connectivity index (χ3n) is 2.80. The Kier molecular flexibility index (Phi) is 3.23. The minimum Gasteiger partial charge on any atom is -0.435 e. The number of hydrogen-bond acceptors (Lipinski definition) is 4. The highest BCUT2D eigenvalue weighted by atomic mass is 79.9. The average molecular weight is 334 g/mol. The molecule has 0 aliphatic carbocycles. The predicted molar refractivity (Wildman–Crippen MR) is 78.1 cm³/mol. The van der Waals surface area contributed by atoms with Crippen molar-refractivity contribution in [1.29, 1.82) is 0 Å². The highest BCUT2D eigenvalue weighted by Gasteiger charge is 2.11. The summed E-state index contributed by atoms with van der Waals surface area (Å²) in [6, 6.07) is 10.2. The fraction of sp³-hybridized carbons (Fsp3) is 0. The first kappa shape index (κ1) is 12.8. The number of rotatable bonds is 2. The van der Waals surface area contributed by atoms with E-state index in [9.17, 15) is 4.39 Å². The molecule has 1 heterocycles. The third-order valence-corrected chi connectivity index (χ3v) is 3.40. The molecule has 20 heavy (non-hydrogen) atoms. The van der Waals surface area contributed by atoms with Gasteiger partial charge < -0.3 is 10.5 Å². The van der Waals surface area contributed by atoms with Crippen LogP contribution in [-0.4, -0.2) is 10.2 Å².